The van der Waals surface area contributed by atoms with E-state index in [0.29, 0.717) is 0 Å². The molecule has 0 saturated carbocycles. The average Bonchev–Trinajstić information content (AvgIpc) is 3.20. The van der Waals surface area contributed by atoms with Crippen molar-refractivity contribution >= 4 is 0 Å². The molecule has 1 aliphatic heterocycles. The van der Waals surface area contributed by atoms with Gasteiger partial charge in [0.25, 0.3) is 0 Å². The molecule has 1 heterocycles. The lowest BCUT2D eigenvalue weighted by molar-refractivity contribution is 0.174. The van der Waals surface area contributed by atoms with Crippen LogP contribution in [-0.4, -0.2) is 13.9 Å². The number of fused-ring (bicyclic) bond motifs is 1. The molecule has 0 amide bonds. The molecule has 4 heteroatoms. The Morgan fingerprint density at radius 1 is 0.963 bits per heavy atom. The van der Waals surface area contributed by atoms with Crippen molar-refractivity contribution in [3.05, 3.63) is 77.9 Å². The van der Waals surface area contributed by atoms with Gasteiger partial charge >= 0.3 is 0 Å². The fourth-order valence-electron chi connectivity index (χ4n) is 3.29. The lowest BCUT2D eigenvalue weighted by atomic mass is 10.0. The molecule has 1 N–H and O–H groups in total. The van der Waals surface area contributed by atoms with Crippen LogP contribution in [0.1, 0.15) is 24.1 Å². The number of hydrogen-bond donors (Lipinski definition) is 1. The van der Waals surface area contributed by atoms with Gasteiger partial charge in [-0.3, -0.25) is 0 Å². The van der Waals surface area contributed by atoms with E-state index < -0.39 is 0 Å². The first-order valence-electron chi connectivity index (χ1n) is 9.10. The zero-order chi connectivity index (χ0) is 18.6. The Morgan fingerprint density at radius 3 is 2.59 bits per heavy atom. The molecule has 0 fully saturated rings. The summed E-state index contributed by atoms with van der Waals surface area (Å²) in [4.78, 5) is 0. The van der Waals surface area contributed by atoms with E-state index in [2.05, 4.69) is 48.6 Å². The van der Waals surface area contributed by atoms with Crippen molar-refractivity contribution in [3.8, 4) is 28.4 Å². The van der Waals surface area contributed by atoms with Gasteiger partial charge in [0, 0.05) is 18.2 Å². The molecular formula is C23H23NO3. The number of ether oxygens (including phenoxy) is 3. The molecule has 1 atom stereocenters. The smallest absolute Gasteiger partial charge is 0.231 e. The molecule has 0 spiro atoms. The summed E-state index contributed by atoms with van der Waals surface area (Å²) in [6.45, 7) is 3.23. The Bertz CT molecular complexity index is 924. The molecule has 0 aliphatic carbocycles. The van der Waals surface area contributed by atoms with E-state index in [-0.39, 0.29) is 12.8 Å². The highest BCUT2D eigenvalue weighted by atomic mass is 16.7. The van der Waals surface area contributed by atoms with Crippen molar-refractivity contribution in [3.63, 3.8) is 0 Å². The molecular weight excluding hydrogens is 338 g/mol. The van der Waals surface area contributed by atoms with Gasteiger partial charge in [0.1, 0.15) is 5.75 Å². The molecule has 138 valence electrons. The standard InChI is InChI=1S/C23H23NO3/c1-16(18-6-4-3-5-7-18)24-14-17-8-10-21(25-2)20(12-17)19-9-11-22-23(13-19)27-15-26-22/h3-13,16,24H,14-15H2,1-2H3/t16-/m1/s1. The third kappa shape index (κ3) is 3.76. The quantitative estimate of drug-likeness (QED) is 0.675. The fraction of sp³-hybridized carbons (Fsp3) is 0.217. The zero-order valence-corrected chi connectivity index (χ0v) is 15.6. The van der Waals surface area contributed by atoms with Crippen LogP contribution in [0.2, 0.25) is 0 Å². The average molecular weight is 361 g/mol. The first-order chi connectivity index (χ1) is 13.2. The zero-order valence-electron chi connectivity index (χ0n) is 15.6. The van der Waals surface area contributed by atoms with Crippen LogP contribution < -0.4 is 19.5 Å². The summed E-state index contributed by atoms with van der Waals surface area (Å²) >= 11 is 0. The van der Waals surface area contributed by atoms with Gasteiger partial charge in [-0.1, -0.05) is 42.5 Å². The summed E-state index contributed by atoms with van der Waals surface area (Å²) in [7, 11) is 1.70. The molecule has 27 heavy (non-hydrogen) atoms. The van der Waals surface area contributed by atoms with Crippen LogP contribution in [0.4, 0.5) is 0 Å². The molecule has 0 unspecified atom stereocenters. The molecule has 0 radical (unpaired) electrons. The SMILES string of the molecule is COc1ccc(CN[C@H](C)c2ccccc2)cc1-c1ccc2c(c1)OCO2. The van der Waals surface area contributed by atoms with Crippen LogP contribution >= 0.6 is 0 Å². The van der Waals surface area contributed by atoms with Gasteiger partial charge in [0.2, 0.25) is 6.79 Å². The van der Waals surface area contributed by atoms with E-state index in [4.69, 9.17) is 14.2 Å². The van der Waals surface area contributed by atoms with Crippen LogP contribution in [0, 0.1) is 0 Å². The fourth-order valence-corrected chi connectivity index (χ4v) is 3.29. The summed E-state index contributed by atoms with van der Waals surface area (Å²) < 4.78 is 16.5. The van der Waals surface area contributed by atoms with E-state index in [0.717, 1.165) is 34.9 Å². The van der Waals surface area contributed by atoms with E-state index in [9.17, 15) is 0 Å². The number of hydrogen-bond acceptors (Lipinski definition) is 4. The Balaban J connectivity index is 1.56. The van der Waals surface area contributed by atoms with Crippen LogP contribution in [-0.2, 0) is 6.54 Å². The first kappa shape index (κ1) is 17.4. The number of benzene rings is 3. The maximum absolute atomic E-state index is 5.58. The van der Waals surface area contributed by atoms with E-state index >= 15 is 0 Å². The third-order valence-corrected chi connectivity index (χ3v) is 4.86. The second kappa shape index (κ2) is 7.72. The summed E-state index contributed by atoms with van der Waals surface area (Å²) in [6, 6.07) is 23.0. The van der Waals surface area contributed by atoms with Crippen molar-refractivity contribution in [2.24, 2.45) is 0 Å². The lowest BCUT2D eigenvalue weighted by Gasteiger charge is -2.16. The van der Waals surface area contributed by atoms with Crippen LogP contribution in [0.5, 0.6) is 17.2 Å². The van der Waals surface area contributed by atoms with Crippen LogP contribution in [0.25, 0.3) is 11.1 Å². The second-order valence-corrected chi connectivity index (χ2v) is 6.62. The maximum Gasteiger partial charge on any atom is 0.231 e. The lowest BCUT2D eigenvalue weighted by Crippen LogP contribution is -2.18. The summed E-state index contributed by atoms with van der Waals surface area (Å²) in [5.74, 6) is 2.40. The molecule has 4 rings (SSSR count). The highest BCUT2D eigenvalue weighted by Crippen LogP contribution is 2.39. The predicted octanol–water partition coefficient (Wildman–Crippen LogP) is 4.94. The van der Waals surface area contributed by atoms with Crippen molar-refractivity contribution in [1.82, 2.24) is 5.32 Å². The van der Waals surface area contributed by atoms with E-state index in [1.54, 1.807) is 7.11 Å². The molecule has 0 saturated heterocycles. The minimum Gasteiger partial charge on any atom is -0.496 e. The number of methoxy groups -OCH3 is 1. The maximum atomic E-state index is 5.58. The minimum absolute atomic E-state index is 0.275. The predicted molar refractivity (Wildman–Crippen MR) is 106 cm³/mol. The number of nitrogens with one attached hydrogen (secondary N) is 1. The molecule has 4 nitrogen and oxygen atoms in total. The highest BCUT2D eigenvalue weighted by Gasteiger charge is 2.16. The summed E-state index contributed by atoms with van der Waals surface area (Å²) in [5.41, 5.74) is 4.57. The monoisotopic (exact) mass is 361 g/mol. The molecule has 0 aromatic heterocycles. The van der Waals surface area contributed by atoms with Gasteiger partial charge in [0.05, 0.1) is 7.11 Å². The topological polar surface area (TPSA) is 39.7 Å². The molecule has 3 aromatic carbocycles. The molecule has 1 aliphatic rings. The third-order valence-electron chi connectivity index (χ3n) is 4.86. The van der Waals surface area contributed by atoms with Gasteiger partial charge in [-0.15, -0.1) is 0 Å². The van der Waals surface area contributed by atoms with Gasteiger partial charge < -0.3 is 19.5 Å². The summed E-state index contributed by atoms with van der Waals surface area (Å²) in [5, 5.41) is 3.59. The number of rotatable bonds is 6. The van der Waals surface area contributed by atoms with Gasteiger partial charge in [-0.25, -0.2) is 0 Å². The summed E-state index contributed by atoms with van der Waals surface area (Å²) in [6.07, 6.45) is 0. The van der Waals surface area contributed by atoms with Crippen LogP contribution in [0.3, 0.4) is 0 Å². The second-order valence-electron chi connectivity index (χ2n) is 6.62. The van der Waals surface area contributed by atoms with E-state index in [1.165, 1.54) is 11.1 Å². The van der Waals surface area contributed by atoms with Gasteiger partial charge in [0.15, 0.2) is 11.5 Å². The Kier molecular flexibility index (Phi) is 4.99. The molecule has 3 aromatic rings. The Labute approximate surface area is 159 Å². The van der Waals surface area contributed by atoms with E-state index in [1.807, 2.05) is 30.3 Å². The van der Waals surface area contributed by atoms with Crippen molar-refractivity contribution in [1.29, 1.82) is 0 Å². The highest BCUT2D eigenvalue weighted by molar-refractivity contribution is 5.73. The van der Waals surface area contributed by atoms with Crippen molar-refractivity contribution in [2.75, 3.05) is 13.9 Å². The Hall–Kier alpha value is -2.98. The van der Waals surface area contributed by atoms with Gasteiger partial charge in [-0.2, -0.15) is 0 Å². The molecule has 0 bridgehead atoms. The Morgan fingerprint density at radius 2 is 1.78 bits per heavy atom. The van der Waals surface area contributed by atoms with Crippen molar-refractivity contribution in [2.45, 2.75) is 19.5 Å². The first-order valence-corrected chi connectivity index (χ1v) is 9.10. The van der Waals surface area contributed by atoms with Gasteiger partial charge in [-0.05, 0) is 47.9 Å². The largest absolute Gasteiger partial charge is 0.496 e. The van der Waals surface area contributed by atoms with Crippen molar-refractivity contribution < 1.29 is 14.2 Å². The minimum atomic E-state index is 0.275. The van der Waals surface area contributed by atoms with Crippen LogP contribution in [0.15, 0.2) is 66.7 Å². The normalized spacial score (nSPS) is 13.4.